The van der Waals surface area contributed by atoms with E-state index in [-0.39, 0.29) is 17.8 Å². The molecule has 0 amide bonds. The summed E-state index contributed by atoms with van der Waals surface area (Å²) in [5.41, 5.74) is 2.26. The molecule has 0 bridgehead atoms. The molecule has 0 unspecified atom stereocenters. The van der Waals surface area contributed by atoms with Gasteiger partial charge in [-0.25, -0.2) is 4.79 Å². The molecule has 2 rings (SSSR count). The highest BCUT2D eigenvalue weighted by atomic mass is 16.6. The average molecular weight is 404 g/mol. The second kappa shape index (κ2) is 9.52. The number of ether oxygens (including phenoxy) is 2. The Balaban J connectivity index is 2.17. The van der Waals surface area contributed by atoms with Gasteiger partial charge < -0.3 is 25.4 Å². The first-order valence-electron chi connectivity index (χ1n) is 9.27. The molecule has 156 valence electrons. The van der Waals surface area contributed by atoms with Crippen molar-refractivity contribution in [3.63, 3.8) is 0 Å². The van der Waals surface area contributed by atoms with E-state index in [9.17, 15) is 25.1 Å². The first kappa shape index (κ1) is 22.4. The first-order valence-corrected chi connectivity index (χ1v) is 9.27. The molecule has 4 N–H and O–H groups in total. The minimum atomic E-state index is -2.30. The van der Waals surface area contributed by atoms with Crippen LogP contribution in [-0.2, 0) is 20.0 Å². The minimum Gasteiger partial charge on any atom is -0.463 e. The van der Waals surface area contributed by atoms with Crippen molar-refractivity contribution in [3.8, 4) is 18.4 Å². The van der Waals surface area contributed by atoms with Crippen LogP contribution in [-0.4, -0.2) is 50.7 Å². The number of hydrogen-bond acceptors (Lipinski definition) is 9. The molecule has 0 spiro atoms. The van der Waals surface area contributed by atoms with Crippen LogP contribution in [0.15, 0.2) is 11.0 Å². The second-order valence-electron chi connectivity index (χ2n) is 6.73. The highest BCUT2D eigenvalue weighted by Crippen LogP contribution is 2.35. The fraction of sp³-hybridized carbons (Fsp3) is 0.579. The van der Waals surface area contributed by atoms with Crippen LogP contribution in [0, 0.1) is 23.7 Å². The van der Waals surface area contributed by atoms with Gasteiger partial charge in [0.15, 0.2) is 0 Å². The number of carbonyl (C=O) groups is 1. The quantitative estimate of drug-likeness (QED) is 0.298. The molecule has 1 aromatic heterocycles. The molecule has 2 heterocycles. The Labute approximate surface area is 167 Å². The number of hydrogen-bond donors (Lipinski definition) is 3. The summed E-state index contributed by atoms with van der Waals surface area (Å²) in [6, 6.07) is 1.69. The zero-order chi connectivity index (χ0) is 21.6. The molecule has 1 aromatic rings. The zero-order valence-corrected chi connectivity index (χ0v) is 16.1. The van der Waals surface area contributed by atoms with E-state index in [1.165, 1.54) is 0 Å². The molecule has 10 nitrogen and oxygen atoms in total. The SMILES string of the molecule is C#Cc1cn([C@]2(C#N)O[C@H](COC(=O)CCCCCC)[C@@H](O)[C@H]2O)c(=O)nc1N. The number of nitrogens with zero attached hydrogens (tertiary/aromatic N) is 3. The van der Waals surface area contributed by atoms with Gasteiger partial charge in [-0.3, -0.25) is 9.36 Å². The van der Waals surface area contributed by atoms with E-state index in [2.05, 4.69) is 17.8 Å². The van der Waals surface area contributed by atoms with E-state index < -0.39 is 42.3 Å². The number of nitrogens with two attached hydrogens (primary N) is 1. The zero-order valence-electron chi connectivity index (χ0n) is 16.1. The number of terminal acetylenes is 1. The lowest BCUT2D eigenvalue weighted by Gasteiger charge is -2.26. The fourth-order valence-electron chi connectivity index (χ4n) is 3.04. The third kappa shape index (κ3) is 4.57. The smallest absolute Gasteiger partial charge is 0.352 e. The molecule has 10 heteroatoms. The topological polar surface area (TPSA) is 161 Å². The lowest BCUT2D eigenvalue weighted by Crippen LogP contribution is -2.50. The number of unbranched alkanes of at least 4 members (excludes halogenated alkanes) is 3. The van der Waals surface area contributed by atoms with Crippen LogP contribution in [0.1, 0.15) is 44.6 Å². The predicted octanol–water partition coefficient (Wildman–Crippen LogP) is -0.383. The van der Waals surface area contributed by atoms with E-state index in [1.807, 2.05) is 0 Å². The number of nitriles is 1. The van der Waals surface area contributed by atoms with Crippen molar-refractivity contribution < 1.29 is 24.5 Å². The molecule has 0 aromatic carbocycles. The van der Waals surface area contributed by atoms with Gasteiger partial charge in [0.25, 0.3) is 5.72 Å². The van der Waals surface area contributed by atoms with Gasteiger partial charge in [-0.2, -0.15) is 10.2 Å². The first-order chi connectivity index (χ1) is 13.8. The number of aromatic nitrogens is 2. The van der Waals surface area contributed by atoms with Crippen LogP contribution in [0.4, 0.5) is 5.82 Å². The molecular weight excluding hydrogens is 380 g/mol. The molecule has 4 atom stereocenters. The van der Waals surface area contributed by atoms with Gasteiger partial charge >= 0.3 is 11.7 Å². The Hall–Kier alpha value is -2.92. The van der Waals surface area contributed by atoms with Crippen LogP contribution < -0.4 is 11.4 Å². The van der Waals surface area contributed by atoms with Crippen LogP contribution >= 0.6 is 0 Å². The third-order valence-corrected chi connectivity index (χ3v) is 4.71. The highest BCUT2D eigenvalue weighted by molar-refractivity contribution is 5.69. The fourth-order valence-corrected chi connectivity index (χ4v) is 3.04. The van der Waals surface area contributed by atoms with Gasteiger partial charge in [0.1, 0.15) is 36.8 Å². The lowest BCUT2D eigenvalue weighted by atomic mass is 10.0. The maximum absolute atomic E-state index is 12.2. The molecule has 1 saturated heterocycles. The summed E-state index contributed by atoms with van der Waals surface area (Å²) in [7, 11) is 0. The Kier molecular flexibility index (Phi) is 7.35. The van der Waals surface area contributed by atoms with Gasteiger partial charge in [0, 0.05) is 12.6 Å². The summed E-state index contributed by atoms with van der Waals surface area (Å²) in [4.78, 5) is 27.6. The van der Waals surface area contributed by atoms with Crippen molar-refractivity contribution in [1.29, 1.82) is 5.26 Å². The van der Waals surface area contributed by atoms with Crippen molar-refractivity contribution in [1.82, 2.24) is 9.55 Å². The lowest BCUT2D eigenvalue weighted by molar-refractivity contribution is -0.153. The Morgan fingerprint density at radius 1 is 1.48 bits per heavy atom. The summed E-state index contributed by atoms with van der Waals surface area (Å²) in [5, 5.41) is 30.4. The molecule has 1 fully saturated rings. The monoisotopic (exact) mass is 404 g/mol. The van der Waals surface area contributed by atoms with Gasteiger partial charge in [-0.05, 0) is 6.42 Å². The Morgan fingerprint density at radius 3 is 2.83 bits per heavy atom. The van der Waals surface area contributed by atoms with Crippen LogP contribution in [0.25, 0.3) is 0 Å². The van der Waals surface area contributed by atoms with E-state index in [4.69, 9.17) is 21.6 Å². The van der Waals surface area contributed by atoms with Crippen molar-refractivity contribution >= 4 is 11.8 Å². The molecule has 0 saturated carbocycles. The van der Waals surface area contributed by atoms with Crippen LogP contribution in [0.3, 0.4) is 0 Å². The Morgan fingerprint density at radius 2 is 2.21 bits per heavy atom. The largest absolute Gasteiger partial charge is 0.463 e. The molecule has 1 aliphatic heterocycles. The number of rotatable bonds is 8. The summed E-state index contributed by atoms with van der Waals surface area (Å²) in [6.07, 6.45) is 5.52. The maximum atomic E-state index is 12.2. The standard InChI is InChI=1S/C19H24N4O6/c1-3-5-6-7-8-14(24)28-10-13-15(25)16(26)19(11-20,29-13)23-9-12(4-2)17(21)22-18(23)27/h2,9,13,15-16,25-26H,3,5-8,10H2,1H3,(H2,21,22,27)/t13-,15-,16-,19-/m1/s1. The van der Waals surface area contributed by atoms with E-state index >= 15 is 0 Å². The van der Waals surface area contributed by atoms with Gasteiger partial charge in [-0.1, -0.05) is 32.1 Å². The normalized spacial score (nSPS) is 25.9. The van der Waals surface area contributed by atoms with Gasteiger partial charge in [0.2, 0.25) is 0 Å². The number of carbonyl (C=O) groups excluding carboxylic acids is 1. The highest BCUT2D eigenvalue weighted by Gasteiger charge is 2.57. The second-order valence-corrected chi connectivity index (χ2v) is 6.73. The Bertz CT molecular complexity index is 886. The number of aliphatic hydroxyl groups excluding tert-OH is 2. The van der Waals surface area contributed by atoms with Gasteiger partial charge in [-0.15, -0.1) is 6.42 Å². The molecule has 0 aliphatic carbocycles. The van der Waals surface area contributed by atoms with E-state index in [0.29, 0.717) is 11.0 Å². The van der Waals surface area contributed by atoms with Crippen molar-refractivity contribution in [3.05, 3.63) is 22.2 Å². The number of aliphatic hydroxyl groups is 2. The maximum Gasteiger partial charge on any atom is 0.352 e. The third-order valence-electron chi connectivity index (χ3n) is 4.71. The predicted molar refractivity (Wildman–Crippen MR) is 101 cm³/mol. The summed E-state index contributed by atoms with van der Waals surface area (Å²) in [5.74, 6) is 1.50. The molecule has 0 radical (unpaired) electrons. The van der Waals surface area contributed by atoms with Crippen molar-refractivity contribution in [2.75, 3.05) is 12.3 Å². The number of nitrogen functional groups attached to an aromatic ring is 1. The van der Waals surface area contributed by atoms with Crippen molar-refractivity contribution in [2.45, 2.75) is 63.1 Å². The van der Waals surface area contributed by atoms with Crippen molar-refractivity contribution in [2.24, 2.45) is 0 Å². The molecule has 29 heavy (non-hydrogen) atoms. The minimum absolute atomic E-state index is 0.00599. The summed E-state index contributed by atoms with van der Waals surface area (Å²) < 4.78 is 11.3. The average Bonchev–Trinajstić information content (AvgIpc) is 2.95. The van der Waals surface area contributed by atoms with Crippen LogP contribution in [0.5, 0.6) is 0 Å². The number of esters is 1. The molecule has 1 aliphatic rings. The number of anilines is 1. The van der Waals surface area contributed by atoms with E-state index in [0.717, 1.165) is 25.5 Å². The van der Waals surface area contributed by atoms with E-state index in [1.54, 1.807) is 6.07 Å². The van der Waals surface area contributed by atoms with Gasteiger partial charge in [0.05, 0.1) is 5.56 Å². The molecular formula is C19H24N4O6. The summed E-state index contributed by atoms with van der Waals surface area (Å²) in [6.45, 7) is 1.66. The van der Waals surface area contributed by atoms with Crippen LogP contribution in [0.2, 0.25) is 0 Å². The summed E-state index contributed by atoms with van der Waals surface area (Å²) >= 11 is 0.